The summed E-state index contributed by atoms with van der Waals surface area (Å²) in [6.45, 7) is 23.6. The first-order valence-corrected chi connectivity index (χ1v) is 14.6. The third-order valence-corrected chi connectivity index (χ3v) is 8.69. The van der Waals surface area contributed by atoms with Crippen molar-refractivity contribution in [2.45, 2.75) is 82.2 Å². The average Bonchev–Trinajstić information content (AvgIpc) is 2.93. The first-order valence-electron chi connectivity index (χ1n) is 14.6. The van der Waals surface area contributed by atoms with Crippen LogP contribution in [0.15, 0.2) is 66.4 Å². The molecule has 2 aromatic heterocycles. The van der Waals surface area contributed by atoms with Gasteiger partial charge in [-0.2, -0.15) is 0 Å². The Hall–Kier alpha value is -3.98. The number of nitrogens with one attached hydrogen (secondary N) is 1. The molecular weight excluding hydrogens is 498 g/mol. The molecule has 1 atom stereocenters. The summed E-state index contributed by atoms with van der Waals surface area (Å²) in [5.41, 5.74) is 18.0. The van der Waals surface area contributed by atoms with Crippen molar-refractivity contribution in [2.24, 2.45) is 0 Å². The van der Waals surface area contributed by atoms with Gasteiger partial charge in [-0.15, -0.1) is 0 Å². The fourth-order valence-corrected chi connectivity index (χ4v) is 5.31. The standard InChI is InChI=1S/C13H17N.C13H15N.C12H13N/c2*1-8-5-6-12-10(3)9(2)11(4)14-13(12)7-8;1-8-4-5-11-10(3)9(2)7-13-12(11)6-8/h5-7,11,14H,1-4H3;5-7H,1-4H3;4-7H,1-3H3. The number of hydrogen-bond acceptors (Lipinski definition) is 3. The molecular formula is C38H45N3. The summed E-state index contributed by atoms with van der Waals surface area (Å²) in [6.07, 6.45) is 1.94. The smallest absolute Gasteiger partial charge is 0.0710 e. The van der Waals surface area contributed by atoms with E-state index in [1.807, 2.05) is 6.20 Å². The molecule has 41 heavy (non-hydrogen) atoms. The Morgan fingerprint density at radius 3 is 1.83 bits per heavy atom. The Bertz CT molecular complexity index is 1780. The van der Waals surface area contributed by atoms with Crippen LogP contribution < -0.4 is 5.32 Å². The molecule has 0 spiro atoms. The summed E-state index contributed by atoms with van der Waals surface area (Å²) in [6, 6.07) is 19.9. The van der Waals surface area contributed by atoms with E-state index in [0.29, 0.717) is 6.04 Å². The van der Waals surface area contributed by atoms with E-state index in [-0.39, 0.29) is 0 Å². The molecule has 0 fully saturated rings. The van der Waals surface area contributed by atoms with Crippen molar-refractivity contribution in [2.75, 3.05) is 5.32 Å². The third kappa shape index (κ3) is 6.51. The minimum absolute atomic E-state index is 0.462. The van der Waals surface area contributed by atoms with Gasteiger partial charge in [0, 0.05) is 40.0 Å². The quantitative estimate of drug-likeness (QED) is 0.211. The van der Waals surface area contributed by atoms with Crippen molar-refractivity contribution in [1.82, 2.24) is 9.97 Å². The van der Waals surface area contributed by atoms with Gasteiger partial charge >= 0.3 is 0 Å². The van der Waals surface area contributed by atoms with Crippen LogP contribution in [0.5, 0.6) is 0 Å². The zero-order chi connectivity index (χ0) is 30.0. The maximum absolute atomic E-state index is 4.60. The molecule has 3 nitrogen and oxygen atoms in total. The van der Waals surface area contributed by atoms with E-state index in [1.165, 1.54) is 72.1 Å². The number of aryl methyl sites for hydroxylation is 7. The van der Waals surface area contributed by atoms with E-state index < -0.39 is 0 Å². The van der Waals surface area contributed by atoms with E-state index >= 15 is 0 Å². The highest BCUT2D eigenvalue weighted by molar-refractivity contribution is 5.84. The lowest BCUT2D eigenvalue weighted by atomic mass is 9.92. The zero-order valence-electron chi connectivity index (χ0n) is 26.7. The minimum Gasteiger partial charge on any atom is -0.378 e. The second kappa shape index (κ2) is 12.3. The van der Waals surface area contributed by atoms with Crippen LogP contribution in [-0.4, -0.2) is 16.0 Å². The number of aromatic nitrogens is 2. The van der Waals surface area contributed by atoms with Crippen LogP contribution in [0, 0.1) is 55.4 Å². The molecule has 1 N–H and O–H groups in total. The Labute approximate surface area is 246 Å². The Morgan fingerprint density at radius 2 is 1.17 bits per heavy atom. The van der Waals surface area contributed by atoms with Crippen LogP contribution in [-0.2, 0) is 0 Å². The van der Waals surface area contributed by atoms with E-state index in [2.05, 4.69) is 146 Å². The molecule has 5 aromatic rings. The van der Waals surface area contributed by atoms with Gasteiger partial charge in [0.15, 0.2) is 0 Å². The van der Waals surface area contributed by atoms with Gasteiger partial charge in [0.2, 0.25) is 0 Å². The number of pyridine rings is 2. The fraction of sp³-hybridized carbons (Fsp3) is 0.316. The van der Waals surface area contributed by atoms with Gasteiger partial charge in [-0.3, -0.25) is 9.97 Å². The molecule has 1 aliphatic rings. The highest BCUT2D eigenvalue weighted by Crippen LogP contribution is 2.33. The van der Waals surface area contributed by atoms with E-state index in [1.54, 1.807) is 0 Å². The van der Waals surface area contributed by atoms with E-state index in [9.17, 15) is 0 Å². The molecule has 0 bridgehead atoms. The Morgan fingerprint density at radius 1 is 0.610 bits per heavy atom. The summed E-state index contributed by atoms with van der Waals surface area (Å²) >= 11 is 0. The number of benzene rings is 3. The van der Waals surface area contributed by atoms with Crippen LogP contribution in [0.2, 0.25) is 0 Å². The van der Waals surface area contributed by atoms with Crippen LogP contribution in [0.1, 0.15) is 71.0 Å². The van der Waals surface area contributed by atoms with Gasteiger partial charge in [-0.1, -0.05) is 36.4 Å². The normalized spacial score (nSPS) is 14.1. The maximum atomic E-state index is 4.60. The van der Waals surface area contributed by atoms with Gasteiger partial charge in [-0.05, 0) is 144 Å². The van der Waals surface area contributed by atoms with Gasteiger partial charge in [0.25, 0.3) is 0 Å². The average molecular weight is 544 g/mol. The molecule has 3 heteroatoms. The molecule has 3 heterocycles. The van der Waals surface area contributed by atoms with Crippen molar-refractivity contribution < 1.29 is 0 Å². The number of rotatable bonds is 0. The van der Waals surface area contributed by atoms with Gasteiger partial charge < -0.3 is 5.32 Å². The lowest BCUT2D eigenvalue weighted by Crippen LogP contribution is -2.22. The topological polar surface area (TPSA) is 37.8 Å². The SMILES string of the molecule is CC1=C(C)C(C)Nc2cc(C)ccc21.Cc1ccc2c(C)c(C)c(C)nc2c1.Cc1ccc2c(C)c(C)cnc2c1. The van der Waals surface area contributed by atoms with Gasteiger partial charge in [0.05, 0.1) is 11.0 Å². The fourth-order valence-electron chi connectivity index (χ4n) is 5.31. The zero-order valence-corrected chi connectivity index (χ0v) is 26.7. The molecule has 1 aliphatic heterocycles. The molecule has 0 amide bonds. The summed E-state index contributed by atoms with van der Waals surface area (Å²) in [5, 5.41) is 6.07. The lowest BCUT2D eigenvalue weighted by Gasteiger charge is -2.27. The molecule has 212 valence electrons. The van der Waals surface area contributed by atoms with Crippen LogP contribution in [0.25, 0.3) is 27.4 Å². The first-order chi connectivity index (χ1) is 19.4. The summed E-state index contributed by atoms with van der Waals surface area (Å²) in [5.74, 6) is 0. The van der Waals surface area contributed by atoms with Crippen molar-refractivity contribution in [1.29, 1.82) is 0 Å². The predicted molar refractivity (Wildman–Crippen MR) is 179 cm³/mol. The summed E-state index contributed by atoms with van der Waals surface area (Å²) in [7, 11) is 0. The second-order valence-electron chi connectivity index (χ2n) is 11.8. The van der Waals surface area contributed by atoms with Crippen molar-refractivity contribution in [3.8, 4) is 0 Å². The minimum atomic E-state index is 0.462. The summed E-state index contributed by atoms with van der Waals surface area (Å²) in [4.78, 5) is 9.00. The summed E-state index contributed by atoms with van der Waals surface area (Å²) < 4.78 is 0. The number of anilines is 1. The molecule has 1 unspecified atom stereocenters. The molecule has 0 saturated heterocycles. The number of allylic oxidation sites excluding steroid dienone is 1. The third-order valence-electron chi connectivity index (χ3n) is 8.69. The van der Waals surface area contributed by atoms with Crippen molar-refractivity contribution >= 4 is 33.1 Å². The van der Waals surface area contributed by atoms with Crippen LogP contribution in [0.4, 0.5) is 5.69 Å². The van der Waals surface area contributed by atoms with Crippen LogP contribution >= 0.6 is 0 Å². The Balaban J connectivity index is 0.000000142. The molecule has 0 radical (unpaired) electrons. The Kier molecular flexibility index (Phi) is 8.97. The number of fused-ring (bicyclic) bond motifs is 3. The van der Waals surface area contributed by atoms with Crippen LogP contribution in [0.3, 0.4) is 0 Å². The highest BCUT2D eigenvalue weighted by Gasteiger charge is 2.17. The van der Waals surface area contributed by atoms with Gasteiger partial charge in [0.1, 0.15) is 0 Å². The molecule has 0 aliphatic carbocycles. The van der Waals surface area contributed by atoms with E-state index in [4.69, 9.17) is 0 Å². The lowest BCUT2D eigenvalue weighted by molar-refractivity contribution is 0.911. The maximum Gasteiger partial charge on any atom is 0.0710 e. The molecule has 6 rings (SSSR count). The number of nitrogens with zero attached hydrogens (tertiary/aromatic N) is 2. The monoisotopic (exact) mass is 543 g/mol. The molecule has 0 saturated carbocycles. The van der Waals surface area contributed by atoms with E-state index in [0.717, 1.165) is 16.7 Å². The second-order valence-corrected chi connectivity index (χ2v) is 11.8. The largest absolute Gasteiger partial charge is 0.378 e. The van der Waals surface area contributed by atoms with Gasteiger partial charge in [-0.25, -0.2) is 0 Å². The first kappa shape index (κ1) is 30.0. The predicted octanol–water partition coefficient (Wildman–Crippen LogP) is 10.2. The van der Waals surface area contributed by atoms with Crippen molar-refractivity contribution in [3.05, 3.63) is 117 Å². The number of hydrogen-bond donors (Lipinski definition) is 1. The highest BCUT2D eigenvalue weighted by atomic mass is 14.9. The molecule has 3 aromatic carbocycles. The van der Waals surface area contributed by atoms with Crippen molar-refractivity contribution in [3.63, 3.8) is 0 Å².